The summed E-state index contributed by atoms with van der Waals surface area (Å²) in [7, 11) is 0. The molecule has 2 nitrogen and oxygen atoms in total. The standard InChI is InChI=1S/C12H15NO/c1-4-12-13-10-7-9(8(2)3)5-6-11(10)14-12/h5-8H,4H2,1-3H3. The first-order chi connectivity index (χ1) is 6.70. The lowest BCUT2D eigenvalue weighted by Gasteiger charge is -2.02. The summed E-state index contributed by atoms with van der Waals surface area (Å²) in [5.41, 5.74) is 3.19. The molecule has 1 heterocycles. The Balaban J connectivity index is 2.54. The highest BCUT2D eigenvalue weighted by Gasteiger charge is 2.06. The molecule has 0 aliphatic rings. The molecule has 0 saturated carbocycles. The third-order valence-corrected chi connectivity index (χ3v) is 2.43. The van der Waals surface area contributed by atoms with E-state index in [0.717, 1.165) is 23.4 Å². The van der Waals surface area contributed by atoms with Gasteiger partial charge in [0.2, 0.25) is 0 Å². The van der Waals surface area contributed by atoms with Crippen LogP contribution in [0.1, 0.15) is 38.1 Å². The average Bonchev–Trinajstić information content (AvgIpc) is 2.58. The molecule has 0 bridgehead atoms. The van der Waals surface area contributed by atoms with Crippen molar-refractivity contribution in [3.8, 4) is 0 Å². The molecule has 0 N–H and O–H groups in total. The molecule has 0 unspecified atom stereocenters. The van der Waals surface area contributed by atoms with E-state index in [1.807, 2.05) is 13.0 Å². The Bertz CT molecular complexity index is 443. The van der Waals surface area contributed by atoms with Crippen molar-refractivity contribution in [3.63, 3.8) is 0 Å². The molecule has 0 fully saturated rings. The Morgan fingerprint density at radius 3 is 2.79 bits per heavy atom. The minimum absolute atomic E-state index is 0.543. The van der Waals surface area contributed by atoms with E-state index in [-0.39, 0.29) is 0 Å². The predicted molar refractivity (Wildman–Crippen MR) is 57.5 cm³/mol. The van der Waals surface area contributed by atoms with Gasteiger partial charge in [-0.2, -0.15) is 0 Å². The summed E-state index contributed by atoms with van der Waals surface area (Å²) >= 11 is 0. The highest BCUT2D eigenvalue weighted by atomic mass is 16.3. The van der Waals surface area contributed by atoms with Crippen molar-refractivity contribution in [2.45, 2.75) is 33.1 Å². The van der Waals surface area contributed by atoms with Crippen molar-refractivity contribution in [2.75, 3.05) is 0 Å². The SMILES string of the molecule is CCc1nc2cc(C(C)C)ccc2o1. The molecule has 2 heteroatoms. The van der Waals surface area contributed by atoms with Gasteiger partial charge in [0.1, 0.15) is 5.52 Å². The van der Waals surface area contributed by atoms with E-state index in [9.17, 15) is 0 Å². The zero-order valence-corrected chi connectivity index (χ0v) is 8.87. The van der Waals surface area contributed by atoms with Gasteiger partial charge in [-0.1, -0.05) is 26.8 Å². The summed E-state index contributed by atoms with van der Waals surface area (Å²) in [6.45, 7) is 6.41. The second-order valence-electron chi connectivity index (χ2n) is 3.84. The molecule has 2 aromatic rings. The highest BCUT2D eigenvalue weighted by molar-refractivity contribution is 5.73. The Morgan fingerprint density at radius 1 is 1.36 bits per heavy atom. The maximum absolute atomic E-state index is 5.54. The molecular weight excluding hydrogens is 174 g/mol. The Morgan fingerprint density at radius 2 is 2.14 bits per heavy atom. The maximum Gasteiger partial charge on any atom is 0.195 e. The van der Waals surface area contributed by atoms with Crippen LogP contribution in [0.25, 0.3) is 11.1 Å². The van der Waals surface area contributed by atoms with Crippen LogP contribution in [0, 0.1) is 0 Å². The predicted octanol–water partition coefficient (Wildman–Crippen LogP) is 3.51. The van der Waals surface area contributed by atoms with Crippen LogP contribution in [0.15, 0.2) is 22.6 Å². The van der Waals surface area contributed by atoms with Gasteiger partial charge in [-0.3, -0.25) is 0 Å². The van der Waals surface area contributed by atoms with Crippen molar-refractivity contribution in [1.82, 2.24) is 4.98 Å². The second kappa shape index (κ2) is 3.45. The maximum atomic E-state index is 5.54. The molecular formula is C12H15NO. The molecule has 14 heavy (non-hydrogen) atoms. The molecule has 0 spiro atoms. The summed E-state index contributed by atoms with van der Waals surface area (Å²) in [5, 5.41) is 0. The quantitative estimate of drug-likeness (QED) is 0.722. The van der Waals surface area contributed by atoms with Gasteiger partial charge < -0.3 is 4.42 Å². The summed E-state index contributed by atoms with van der Waals surface area (Å²) in [6, 6.07) is 6.23. The van der Waals surface area contributed by atoms with Crippen LogP contribution in [0.4, 0.5) is 0 Å². The molecule has 0 radical (unpaired) electrons. The van der Waals surface area contributed by atoms with Crippen molar-refractivity contribution in [3.05, 3.63) is 29.7 Å². The lowest BCUT2D eigenvalue weighted by molar-refractivity contribution is 0.538. The lowest BCUT2D eigenvalue weighted by atomic mass is 10.0. The minimum atomic E-state index is 0.543. The molecule has 2 rings (SSSR count). The Hall–Kier alpha value is -1.31. The van der Waals surface area contributed by atoms with Crippen LogP contribution in [-0.4, -0.2) is 4.98 Å². The number of fused-ring (bicyclic) bond motifs is 1. The number of nitrogens with zero attached hydrogens (tertiary/aromatic N) is 1. The van der Waals surface area contributed by atoms with E-state index in [1.54, 1.807) is 0 Å². The third kappa shape index (κ3) is 1.52. The van der Waals surface area contributed by atoms with E-state index in [2.05, 4.69) is 31.0 Å². The third-order valence-electron chi connectivity index (χ3n) is 2.43. The van der Waals surface area contributed by atoms with E-state index >= 15 is 0 Å². The Kier molecular flexibility index (Phi) is 2.28. The zero-order valence-electron chi connectivity index (χ0n) is 8.87. The highest BCUT2D eigenvalue weighted by Crippen LogP contribution is 2.21. The number of hydrogen-bond donors (Lipinski definition) is 0. The molecule has 1 aromatic heterocycles. The number of oxazole rings is 1. The first-order valence-electron chi connectivity index (χ1n) is 5.10. The van der Waals surface area contributed by atoms with Crippen molar-refractivity contribution in [2.24, 2.45) is 0 Å². The first kappa shape index (κ1) is 9.25. The molecule has 0 aliphatic heterocycles. The summed E-state index contributed by atoms with van der Waals surface area (Å²) in [4.78, 5) is 4.41. The summed E-state index contributed by atoms with van der Waals surface area (Å²) in [5.74, 6) is 1.36. The van der Waals surface area contributed by atoms with Crippen LogP contribution < -0.4 is 0 Å². The van der Waals surface area contributed by atoms with Gasteiger partial charge in [-0.05, 0) is 23.6 Å². The summed E-state index contributed by atoms with van der Waals surface area (Å²) < 4.78 is 5.54. The normalized spacial score (nSPS) is 11.4. The van der Waals surface area contributed by atoms with Gasteiger partial charge in [0.15, 0.2) is 11.5 Å². The van der Waals surface area contributed by atoms with Crippen LogP contribution in [0.3, 0.4) is 0 Å². The fourth-order valence-electron chi connectivity index (χ4n) is 1.50. The molecule has 0 aliphatic carbocycles. The van der Waals surface area contributed by atoms with E-state index in [1.165, 1.54) is 5.56 Å². The van der Waals surface area contributed by atoms with E-state index in [4.69, 9.17) is 4.42 Å². The molecule has 0 saturated heterocycles. The van der Waals surface area contributed by atoms with Gasteiger partial charge in [-0.25, -0.2) is 4.98 Å². The number of aryl methyl sites for hydroxylation is 1. The fourth-order valence-corrected chi connectivity index (χ4v) is 1.50. The summed E-state index contributed by atoms with van der Waals surface area (Å²) in [6.07, 6.45) is 0.853. The van der Waals surface area contributed by atoms with Crippen LogP contribution in [0.2, 0.25) is 0 Å². The number of benzene rings is 1. The second-order valence-corrected chi connectivity index (χ2v) is 3.84. The fraction of sp³-hybridized carbons (Fsp3) is 0.417. The molecule has 0 amide bonds. The van der Waals surface area contributed by atoms with Crippen LogP contribution in [-0.2, 0) is 6.42 Å². The minimum Gasteiger partial charge on any atom is -0.441 e. The topological polar surface area (TPSA) is 26.0 Å². The van der Waals surface area contributed by atoms with Gasteiger partial charge in [0.25, 0.3) is 0 Å². The molecule has 1 aromatic carbocycles. The van der Waals surface area contributed by atoms with Crippen LogP contribution in [0.5, 0.6) is 0 Å². The monoisotopic (exact) mass is 189 g/mol. The van der Waals surface area contributed by atoms with E-state index in [0.29, 0.717) is 5.92 Å². The van der Waals surface area contributed by atoms with Crippen LogP contribution >= 0.6 is 0 Å². The van der Waals surface area contributed by atoms with E-state index < -0.39 is 0 Å². The number of hydrogen-bond acceptors (Lipinski definition) is 2. The van der Waals surface area contributed by atoms with Gasteiger partial charge in [-0.15, -0.1) is 0 Å². The number of rotatable bonds is 2. The van der Waals surface area contributed by atoms with Gasteiger partial charge in [0, 0.05) is 6.42 Å². The van der Waals surface area contributed by atoms with Gasteiger partial charge >= 0.3 is 0 Å². The van der Waals surface area contributed by atoms with Crippen molar-refractivity contribution >= 4 is 11.1 Å². The van der Waals surface area contributed by atoms with Crippen molar-refractivity contribution < 1.29 is 4.42 Å². The van der Waals surface area contributed by atoms with Gasteiger partial charge in [0.05, 0.1) is 0 Å². The zero-order chi connectivity index (χ0) is 10.1. The molecule has 74 valence electrons. The Labute approximate surface area is 84.0 Å². The lowest BCUT2D eigenvalue weighted by Crippen LogP contribution is -1.85. The first-order valence-corrected chi connectivity index (χ1v) is 5.10. The largest absolute Gasteiger partial charge is 0.441 e. The molecule has 0 atom stereocenters. The smallest absolute Gasteiger partial charge is 0.195 e. The number of aromatic nitrogens is 1. The average molecular weight is 189 g/mol. The van der Waals surface area contributed by atoms with Crippen molar-refractivity contribution in [1.29, 1.82) is 0 Å².